The minimum Gasteiger partial charge on any atom is -0.380 e. The minimum atomic E-state index is -1.34. The van der Waals surface area contributed by atoms with E-state index in [0.717, 1.165) is 25.7 Å². The number of aliphatic hydroxyl groups excluding tert-OH is 1. The Morgan fingerprint density at radius 2 is 1.11 bits per heavy atom. The smallest absolute Gasteiger partial charge is 0.129 e. The Balaban J connectivity index is 3.32. The summed E-state index contributed by atoms with van der Waals surface area (Å²) < 4.78 is 0. The standard InChI is InChI=1S/C25H46OSi/c1-5-6-7-8-9-10-11-12-13-14-15-16-17-18-19-20-21-22-25(26)23-24-27(2,3)4/h25-26H,5-11,14-22H2,1-4H3. The van der Waals surface area contributed by atoms with Crippen LogP contribution in [0.2, 0.25) is 19.6 Å². The van der Waals surface area contributed by atoms with Crippen molar-refractivity contribution in [1.29, 1.82) is 0 Å². The topological polar surface area (TPSA) is 20.2 Å². The van der Waals surface area contributed by atoms with Gasteiger partial charge in [0.25, 0.3) is 0 Å². The molecule has 0 rings (SSSR count). The molecule has 0 fully saturated rings. The summed E-state index contributed by atoms with van der Waals surface area (Å²) in [7, 11) is -1.34. The molecule has 0 aromatic carbocycles. The molecule has 0 aliphatic heterocycles. The van der Waals surface area contributed by atoms with Gasteiger partial charge in [-0.1, -0.05) is 96.7 Å². The Labute approximate surface area is 172 Å². The first-order chi connectivity index (χ1) is 13.0. The number of rotatable bonds is 15. The van der Waals surface area contributed by atoms with Crippen molar-refractivity contribution in [1.82, 2.24) is 0 Å². The van der Waals surface area contributed by atoms with Crippen LogP contribution in [0.1, 0.15) is 110 Å². The molecule has 156 valence electrons. The first kappa shape index (κ1) is 26.3. The molecule has 0 aromatic rings. The van der Waals surface area contributed by atoms with E-state index in [1.54, 1.807) is 0 Å². The second-order valence-corrected chi connectivity index (χ2v) is 13.7. The first-order valence-corrected chi connectivity index (χ1v) is 15.1. The highest BCUT2D eigenvalue weighted by molar-refractivity contribution is 6.83. The number of hydrogen-bond donors (Lipinski definition) is 1. The second kappa shape index (κ2) is 18.7. The lowest BCUT2D eigenvalue weighted by Crippen LogP contribution is -2.17. The highest BCUT2D eigenvalue weighted by atomic mass is 28.3. The maximum Gasteiger partial charge on any atom is 0.129 e. The molecule has 1 atom stereocenters. The first-order valence-electron chi connectivity index (χ1n) is 11.6. The molecule has 0 radical (unpaired) electrons. The average Bonchev–Trinajstić information content (AvgIpc) is 2.62. The molecule has 0 saturated carbocycles. The fourth-order valence-corrected chi connectivity index (χ4v) is 3.58. The van der Waals surface area contributed by atoms with Crippen LogP contribution in [0.5, 0.6) is 0 Å². The zero-order chi connectivity index (χ0) is 20.2. The van der Waals surface area contributed by atoms with Crippen LogP contribution >= 0.6 is 0 Å². The van der Waals surface area contributed by atoms with Gasteiger partial charge in [0.15, 0.2) is 0 Å². The van der Waals surface area contributed by atoms with Crippen LogP contribution in [0, 0.1) is 23.3 Å². The SMILES string of the molecule is CCCCCCCCC#CCCCCCCCCCC(O)C#C[Si](C)(C)C. The molecule has 0 bridgehead atoms. The van der Waals surface area contributed by atoms with Crippen LogP contribution in [-0.2, 0) is 0 Å². The summed E-state index contributed by atoms with van der Waals surface area (Å²) in [6.45, 7) is 8.92. The maximum atomic E-state index is 9.87. The van der Waals surface area contributed by atoms with E-state index >= 15 is 0 Å². The van der Waals surface area contributed by atoms with E-state index in [-0.39, 0.29) is 0 Å². The summed E-state index contributed by atoms with van der Waals surface area (Å²) in [5.74, 6) is 9.72. The van der Waals surface area contributed by atoms with Crippen molar-refractivity contribution in [2.75, 3.05) is 0 Å². The third-order valence-corrected chi connectivity index (χ3v) is 5.57. The maximum absolute atomic E-state index is 9.87. The highest BCUT2D eigenvalue weighted by Crippen LogP contribution is 2.11. The van der Waals surface area contributed by atoms with Crippen molar-refractivity contribution in [3.63, 3.8) is 0 Å². The van der Waals surface area contributed by atoms with E-state index in [9.17, 15) is 5.11 Å². The molecule has 1 nitrogen and oxygen atoms in total. The van der Waals surface area contributed by atoms with Crippen molar-refractivity contribution in [3.8, 4) is 23.3 Å². The third kappa shape index (κ3) is 23.3. The quantitative estimate of drug-likeness (QED) is 0.174. The largest absolute Gasteiger partial charge is 0.380 e. The van der Waals surface area contributed by atoms with Gasteiger partial charge in [-0.25, -0.2) is 0 Å². The fourth-order valence-electron chi connectivity index (χ4n) is 2.98. The summed E-state index contributed by atoms with van der Waals surface area (Å²) in [5, 5.41) is 9.87. The van der Waals surface area contributed by atoms with Gasteiger partial charge in [0.05, 0.1) is 0 Å². The second-order valence-electron chi connectivity index (χ2n) is 8.92. The summed E-state index contributed by atoms with van der Waals surface area (Å²) in [6.07, 6.45) is 19.6. The monoisotopic (exact) mass is 390 g/mol. The molecule has 1 N–H and O–H groups in total. The zero-order valence-electron chi connectivity index (χ0n) is 18.8. The molecular weight excluding hydrogens is 344 g/mol. The van der Waals surface area contributed by atoms with Gasteiger partial charge in [0, 0.05) is 12.8 Å². The van der Waals surface area contributed by atoms with Gasteiger partial charge in [0.2, 0.25) is 0 Å². The Hall–Kier alpha value is -0.703. The molecule has 27 heavy (non-hydrogen) atoms. The van der Waals surface area contributed by atoms with Crippen molar-refractivity contribution < 1.29 is 5.11 Å². The molecule has 0 spiro atoms. The van der Waals surface area contributed by atoms with Gasteiger partial charge in [-0.3, -0.25) is 0 Å². The normalized spacial score (nSPS) is 12.0. The summed E-state index contributed by atoms with van der Waals surface area (Å²) in [6, 6.07) is 0. The van der Waals surface area contributed by atoms with Crippen LogP contribution in [-0.4, -0.2) is 19.3 Å². The third-order valence-electron chi connectivity index (χ3n) is 4.67. The predicted octanol–water partition coefficient (Wildman–Crippen LogP) is 7.49. The van der Waals surface area contributed by atoms with Gasteiger partial charge in [-0.05, 0) is 25.7 Å². The van der Waals surface area contributed by atoms with Gasteiger partial charge in [-0.15, -0.1) is 17.4 Å². The molecule has 1 unspecified atom stereocenters. The van der Waals surface area contributed by atoms with Gasteiger partial charge < -0.3 is 5.11 Å². The molecule has 0 aromatic heterocycles. The van der Waals surface area contributed by atoms with Crippen LogP contribution in [0.3, 0.4) is 0 Å². The van der Waals surface area contributed by atoms with E-state index in [4.69, 9.17) is 0 Å². The lowest BCUT2D eigenvalue weighted by Gasteiger charge is -2.07. The van der Waals surface area contributed by atoms with Crippen LogP contribution in [0.4, 0.5) is 0 Å². The summed E-state index contributed by atoms with van der Waals surface area (Å²) in [4.78, 5) is 0. The van der Waals surface area contributed by atoms with Gasteiger partial charge in [0.1, 0.15) is 14.2 Å². The van der Waals surface area contributed by atoms with E-state index in [2.05, 4.69) is 49.9 Å². The van der Waals surface area contributed by atoms with Gasteiger partial charge in [-0.2, -0.15) is 0 Å². The van der Waals surface area contributed by atoms with Crippen molar-refractivity contribution in [2.24, 2.45) is 0 Å². The number of aliphatic hydroxyl groups is 1. The van der Waals surface area contributed by atoms with Crippen LogP contribution in [0.25, 0.3) is 0 Å². The average molecular weight is 391 g/mol. The number of unbranched alkanes of at least 4 members (excludes halogenated alkanes) is 13. The highest BCUT2D eigenvalue weighted by Gasteiger charge is 2.08. The molecular formula is C25H46OSi. The molecule has 2 heteroatoms. The minimum absolute atomic E-state index is 0.411. The summed E-state index contributed by atoms with van der Waals surface area (Å²) in [5.41, 5.74) is 3.26. The van der Waals surface area contributed by atoms with E-state index < -0.39 is 14.2 Å². The zero-order valence-corrected chi connectivity index (χ0v) is 19.8. The Morgan fingerprint density at radius 3 is 1.59 bits per heavy atom. The summed E-state index contributed by atoms with van der Waals surface area (Å²) >= 11 is 0. The van der Waals surface area contributed by atoms with E-state index in [1.165, 1.54) is 77.0 Å². The predicted molar refractivity (Wildman–Crippen MR) is 124 cm³/mol. The van der Waals surface area contributed by atoms with Crippen molar-refractivity contribution in [3.05, 3.63) is 0 Å². The molecule has 0 aliphatic rings. The fraction of sp³-hybridized carbons (Fsp3) is 0.840. The molecule has 0 amide bonds. The van der Waals surface area contributed by atoms with Crippen LogP contribution in [0.15, 0.2) is 0 Å². The van der Waals surface area contributed by atoms with E-state index in [1.807, 2.05) is 0 Å². The molecule has 0 heterocycles. The Kier molecular flexibility index (Phi) is 18.2. The van der Waals surface area contributed by atoms with E-state index in [0.29, 0.717) is 0 Å². The Morgan fingerprint density at radius 1 is 0.667 bits per heavy atom. The molecule has 0 saturated heterocycles. The van der Waals surface area contributed by atoms with Gasteiger partial charge >= 0.3 is 0 Å². The van der Waals surface area contributed by atoms with Crippen molar-refractivity contribution in [2.45, 2.75) is 135 Å². The lowest BCUT2D eigenvalue weighted by atomic mass is 10.1. The van der Waals surface area contributed by atoms with Crippen LogP contribution < -0.4 is 0 Å². The van der Waals surface area contributed by atoms with Crippen molar-refractivity contribution >= 4 is 8.07 Å². The lowest BCUT2D eigenvalue weighted by molar-refractivity contribution is 0.217. The Bertz CT molecular complexity index is 441. The molecule has 0 aliphatic carbocycles. The number of hydrogen-bond acceptors (Lipinski definition) is 1.